The first-order valence-corrected chi connectivity index (χ1v) is 13.2. The first-order valence-electron chi connectivity index (χ1n) is 12.4. The summed E-state index contributed by atoms with van der Waals surface area (Å²) in [5, 5.41) is 5.69. The number of anilines is 1. The van der Waals surface area contributed by atoms with Crippen molar-refractivity contribution in [2.75, 3.05) is 18.5 Å². The second-order valence-electron chi connectivity index (χ2n) is 10.4. The molecule has 4 saturated heterocycles. The lowest BCUT2D eigenvalue weighted by Crippen LogP contribution is -2.70. The number of urea groups is 1. The minimum Gasteiger partial charge on any atom is -0.352 e. The van der Waals surface area contributed by atoms with Crippen molar-refractivity contribution in [3.8, 4) is 0 Å². The van der Waals surface area contributed by atoms with Crippen LogP contribution >= 0.6 is 15.9 Å². The van der Waals surface area contributed by atoms with Gasteiger partial charge in [-0.3, -0.25) is 0 Å². The second kappa shape index (κ2) is 9.67. The molecule has 188 valence electrons. The van der Waals surface area contributed by atoms with E-state index in [0.717, 1.165) is 29.4 Å². The molecule has 4 aliphatic heterocycles. The van der Waals surface area contributed by atoms with Crippen molar-refractivity contribution in [1.82, 2.24) is 5.32 Å². The number of carbonyl (C=O) groups excluding carboxylic acids is 1. The van der Waals surface area contributed by atoms with Gasteiger partial charge < -0.3 is 24.8 Å². The SMILES string of the molecule is C[C@H]1[C@@H](OCCCNC(=O)Nc2ccc(Br)cc2)O[C@@H]2O[C@]3(C)CC[C@H]4[C@H](C)CC[C@@H]1[C@@]24OO3. The van der Waals surface area contributed by atoms with Crippen molar-refractivity contribution < 1.29 is 28.8 Å². The van der Waals surface area contributed by atoms with Crippen LogP contribution in [0.15, 0.2) is 28.7 Å². The number of fused-ring (bicyclic) bond motifs is 2. The lowest BCUT2D eigenvalue weighted by molar-refractivity contribution is -0.577. The lowest BCUT2D eigenvalue weighted by atomic mass is 9.58. The maximum atomic E-state index is 12.1. The molecule has 8 nitrogen and oxygen atoms in total. The molecule has 5 fully saturated rings. The Morgan fingerprint density at radius 3 is 2.74 bits per heavy atom. The van der Waals surface area contributed by atoms with Gasteiger partial charge in [0, 0.05) is 35.0 Å². The Kier molecular flexibility index (Phi) is 6.96. The predicted molar refractivity (Wildman–Crippen MR) is 129 cm³/mol. The molecule has 0 aromatic heterocycles. The Hall–Kier alpha value is -1.23. The molecule has 2 bridgehead atoms. The fourth-order valence-electron chi connectivity index (χ4n) is 6.24. The summed E-state index contributed by atoms with van der Waals surface area (Å²) in [4.78, 5) is 24.1. The number of carbonyl (C=O) groups is 1. The van der Waals surface area contributed by atoms with Gasteiger partial charge in [0.15, 0.2) is 18.2 Å². The van der Waals surface area contributed by atoms with Crippen LogP contribution in [0.3, 0.4) is 0 Å². The predicted octanol–water partition coefficient (Wildman–Crippen LogP) is 5.19. The largest absolute Gasteiger partial charge is 0.352 e. The molecule has 1 saturated carbocycles. The van der Waals surface area contributed by atoms with Crippen LogP contribution in [0.5, 0.6) is 0 Å². The molecule has 1 spiro atoms. The Bertz CT molecular complexity index is 887. The number of amides is 2. The van der Waals surface area contributed by atoms with Gasteiger partial charge >= 0.3 is 6.03 Å². The smallest absolute Gasteiger partial charge is 0.319 e. The van der Waals surface area contributed by atoms with E-state index in [1.807, 2.05) is 31.2 Å². The van der Waals surface area contributed by atoms with Crippen LogP contribution in [0, 0.1) is 23.7 Å². The minimum absolute atomic E-state index is 0.148. The van der Waals surface area contributed by atoms with Gasteiger partial charge in [-0.25, -0.2) is 14.6 Å². The molecule has 0 unspecified atom stereocenters. The number of halogens is 1. The first kappa shape index (κ1) is 24.5. The Morgan fingerprint density at radius 1 is 1.15 bits per heavy atom. The van der Waals surface area contributed by atoms with E-state index in [9.17, 15) is 4.79 Å². The first-order chi connectivity index (χ1) is 16.3. The molecule has 1 aliphatic carbocycles. The van der Waals surface area contributed by atoms with E-state index in [1.54, 1.807) is 0 Å². The highest BCUT2D eigenvalue weighted by molar-refractivity contribution is 9.10. The molecule has 1 aromatic carbocycles. The van der Waals surface area contributed by atoms with E-state index < -0.39 is 17.7 Å². The lowest BCUT2D eigenvalue weighted by Gasteiger charge is -2.60. The van der Waals surface area contributed by atoms with E-state index in [4.69, 9.17) is 24.0 Å². The summed E-state index contributed by atoms with van der Waals surface area (Å²) >= 11 is 3.39. The molecule has 0 radical (unpaired) electrons. The molecule has 8 atom stereocenters. The maximum absolute atomic E-state index is 12.1. The minimum atomic E-state index is -0.783. The van der Waals surface area contributed by atoms with Crippen molar-refractivity contribution in [2.45, 2.75) is 76.8 Å². The van der Waals surface area contributed by atoms with Crippen LogP contribution in [0.1, 0.15) is 52.9 Å². The fraction of sp³-hybridized carbons (Fsp3) is 0.720. The normalized spacial score (nSPS) is 40.8. The number of nitrogens with one attached hydrogen (secondary N) is 2. The molecule has 2 amide bonds. The highest BCUT2D eigenvalue weighted by Crippen LogP contribution is 2.60. The monoisotopic (exact) mass is 538 g/mol. The van der Waals surface area contributed by atoms with Crippen molar-refractivity contribution >= 4 is 27.6 Å². The summed E-state index contributed by atoms with van der Waals surface area (Å²) in [6.07, 6.45) is 3.82. The molecule has 4 heterocycles. The summed E-state index contributed by atoms with van der Waals surface area (Å²) in [7, 11) is 0. The molecule has 1 aromatic rings. The van der Waals surface area contributed by atoms with E-state index in [2.05, 4.69) is 40.4 Å². The van der Waals surface area contributed by atoms with Crippen LogP contribution in [0.4, 0.5) is 10.5 Å². The van der Waals surface area contributed by atoms with Crippen LogP contribution in [-0.4, -0.2) is 43.2 Å². The van der Waals surface area contributed by atoms with Crippen LogP contribution in [0.25, 0.3) is 0 Å². The molecule has 6 rings (SSSR count). The topological polar surface area (TPSA) is 87.3 Å². The number of rotatable bonds is 6. The number of hydrogen-bond acceptors (Lipinski definition) is 6. The van der Waals surface area contributed by atoms with Crippen LogP contribution in [0.2, 0.25) is 0 Å². The van der Waals surface area contributed by atoms with Crippen LogP contribution < -0.4 is 10.6 Å². The second-order valence-corrected chi connectivity index (χ2v) is 11.3. The highest BCUT2D eigenvalue weighted by atomic mass is 79.9. The number of hydrogen-bond donors (Lipinski definition) is 2. The number of benzene rings is 1. The van der Waals surface area contributed by atoms with Crippen LogP contribution in [-0.2, 0) is 24.0 Å². The van der Waals surface area contributed by atoms with E-state index in [-0.39, 0.29) is 24.2 Å². The maximum Gasteiger partial charge on any atom is 0.319 e. The van der Waals surface area contributed by atoms with E-state index in [0.29, 0.717) is 31.4 Å². The van der Waals surface area contributed by atoms with Crippen molar-refractivity contribution in [2.24, 2.45) is 23.7 Å². The third-order valence-corrected chi connectivity index (χ3v) is 8.62. The van der Waals surface area contributed by atoms with Gasteiger partial charge in [-0.2, -0.15) is 0 Å². The summed E-state index contributed by atoms with van der Waals surface area (Å²) in [6, 6.07) is 7.22. The van der Waals surface area contributed by atoms with Crippen molar-refractivity contribution in [1.29, 1.82) is 0 Å². The molecule has 5 aliphatic rings. The molecular formula is C25H35BrN2O6. The average Bonchev–Trinajstić information content (AvgIpc) is 3.04. The average molecular weight is 539 g/mol. The Labute approximate surface area is 209 Å². The zero-order valence-corrected chi connectivity index (χ0v) is 21.6. The van der Waals surface area contributed by atoms with E-state index >= 15 is 0 Å². The molecule has 9 heteroatoms. The van der Waals surface area contributed by atoms with E-state index in [1.165, 1.54) is 6.42 Å². The fourth-order valence-corrected chi connectivity index (χ4v) is 6.51. The van der Waals surface area contributed by atoms with Crippen molar-refractivity contribution in [3.05, 3.63) is 28.7 Å². The Balaban J connectivity index is 1.14. The van der Waals surface area contributed by atoms with Gasteiger partial charge in [0.25, 0.3) is 0 Å². The van der Waals surface area contributed by atoms with Gasteiger partial charge in [-0.15, -0.1) is 0 Å². The highest BCUT2D eigenvalue weighted by Gasteiger charge is 2.69. The summed E-state index contributed by atoms with van der Waals surface area (Å²) in [5.74, 6) is 0.491. The zero-order valence-electron chi connectivity index (χ0n) is 20.1. The van der Waals surface area contributed by atoms with Gasteiger partial charge in [0.2, 0.25) is 5.79 Å². The molecular weight excluding hydrogens is 504 g/mol. The zero-order chi connectivity index (χ0) is 23.9. The molecule has 2 N–H and O–H groups in total. The summed E-state index contributed by atoms with van der Waals surface area (Å²) < 4.78 is 19.9. The number of ether oxygens (including phenoxy) is 3. The van der Waals surface area contributed by atoms with Gasteiger partial charge in [-0.05, 0) is 68.7 Å². The Morgan fingerprint density at radius 2 is 1.94 bits per heavy atom. The van der Waals surface area contributed by atoms with Gasteiger partial charge in [-0.1, -0.05) is 29.8 Å². The summed E-state index contributed by atoms with van der Waals surface area (Å²) in [5.41, 5.74) is 0.174. The quantitative estimate of drug-likeness (QED) is 0.383. The van der Waals surface area contributed by atoms with Crippen molar-refractivity contribution in [3.63, 3.8) is 0 Å². The molecule has 34 heavy (non-hydrogen) atoms. The third-order valence-electron chi connectivity index (χ3n) is 8.09. The standard InChI is InChI=1S/C25H35BrN2O6/c1-15-5-10-20-16(2)21(31-22-25(20)19(15)11-12-24(3,32-22)33-34-25)30-14-4-13-27-23(29)28-18-8-6-17(26)7-9-18/h6-9,15-16,19-22H,4-5,10-14H2,1-3H3,(H2,27,28,29)/t15-,16-,19+,20+,21+,22-,24+,25-/m1/s1. The van der Waals surface area contributed by atoms with Gasteiger partial charge in [0.1, 0.15) is 0 Å². The van der Waals surface area contributed by atoms with Gasteiger partial charge in [0.05, 0.1) is 6.61 Å². The third kappa shape index (κ3) is 4.51. The summed E-state index contributed by atoms with van der Waals surface area (Å²) in [6.45, 7) is 7.41.